The van der Waals surface area contributed by atoms with Crippen molar-refractivity contribution in [1.29, 1.82) is 0 Å². The molecule has 0 bridgehead atoms. The zero-order chi connectivity index (χ0) is 11.2. The Labute approximate surface area is 102 Å². The minimum Gasteiger partial charge on any atom is -0.490 e. The standard InChI is InChI=1S/C10H13BrN4O/c1-10(6-11)5-7-8(16-10)3-2-4-15-9(7)12-13-14-15/h2-6H2,1H3. The van der Waals surface area contributed by atoms with Crippen molar-refractivity contribution in [2.24, 2.45) is 0 Å². The molecule has 0 aliphatic carbocycles. The van der Waals surface area contributed by atoms with Crippen molar-refractivity contribution >= 4 is 21.5 Å². The van der Waals surface area contributed by atoms with Gasteiger partial charge in [0.2, 0.25) is 0 Å². The number of allylic oxidation sites excluding steroid dienone is 1. The van der Waals surface area contributed by atoms with Gasteiger partial charge in [-0.2, -0.15) is 0 Å². The second-order valence-electron chi connectivity index (χ2n) is 4.59. The Kier molecular flexibility index (Phi) is 2.27. The van der Waals surface area contributed by atoms with Crippen LogP contribution in [-0.2, 0) is 11.3 Å². The molecule has 2 aliphatic heterocycles. The van der Waals surface area contributed by atoms with Crippen LogP contribution in [0, 0.1) is 0 Å². The highest BCUT2D eigenvalue weighted by Gasteiger charge is 2.38. The summed E-state index contributed by atoms with van der Waals surface area (Å²) in [6.07, 6.45) is 2.89. The summed E-state index contributed by atoms with van der Waals surface area (Å²) in [5.74, 6) is 1.97. The highest BCUT2D eigenvalue weighted by Crippen LogP contribution is 2.42. The van der Waals surface area contributed by atoms with Crippen LogP contribution in [0.15, 0.2) is 5.76 Å². The maximum absolute atomic E-state index is 6.03. The fourth-order valence-electron chi connectivity index (χ4n) is 2.31. The number of tetrazole rings is 1. The first-order chi connectivity index (χ1) is 7.72. The molecule has 0 fully saturated rings. The number of ether oxygens (including phenoxy) is 1. The third-order valence-corrected chi connectivity index (χ3v) is 4.30. The van der Waals surface area contributed by atoms with Crippen LogP contribution in [0.2, 0.25) is 0 Å². The van der Waals surface area contributed by atoms with Gasteiger partial charge in [-0.15, -0.1) is 5.10 Å². The van der Waals surface area contributed by atoms with Crippen molar-refractivity contribution < 1.29 is 4.74 Å². The van der Waals surface area contributed by atoms with Crippen LogP contribution in [-0.4, -0.2) is 31.1 Å². The van der Waals surface area contributed by atoms with E-state index in [-0.39, 0.29) is 5.60 Å². The average Bonchev–Trinajstić information content (AvgIpc) is 2.82. The van der Waals surface area contributed by atoms with E-state index in [2.05, 4.69) is 38.4 Å². The molecule has 2 aliphatic rings. The predicted octanol–water partition coefficient (Wildman–Crippen LogP) is 1.75. The largest absolute Gasteiger partial charge is 0.490 e. The SMILES string of the molecule is CC1(CBr)CC2=C(CCCn3nnnc32)O1. The van der Waals surface area contributed by atoms with Gasteiger partial charge in [-0.05, 0) is 23.8 Å². The summed E-state index contributed by atoms with van der Waals surface area (Å²) in [6, 6.07) is 0. The molecular weight excluding hydrogens is 272 g/mol. The van der Waals surface area contributed by atoms with Gasteiger partial charge in [0.15, 0.2) is 5.82 Å². The molecule has 0 saturated heterocycles. The second-order valence-corrected chi connectivity index (χ2v) is 5.15. The smallest absolute Gasteiger partial charge is 0.181 e. The molecule has 0 radical (unpaired) electrons. The van der Waals surface area contributed by atoms with Crippen LogP contribution in [0.5, 0.6) is 0 Å². The Morgan fingerprint density at radius 2 is 2.44 bits per heavy atom. The van der Waals surface area contributed by atoms with E-state index >= 15 is 0 Å². The number of fused-ring (bicyclic) bond motifs is 2. The number of aromatic nitrogens is 4. The molecule has 6 heteroatoms. The molecule has 3 heterocycles. The number of rotatable bonds is 1. The van der Waals surface area contributed by atoms with Gasteiger partial charge in [-0.25, -0.2) is 4.68 Å². The molecule has 0 saturated carbocycles. The Hall–Kier alpha value is -0.910. The Bertz CT molecular complexity index is 455. The monoisotopic (exact) mass is 284 g/mol. The van der Waals surface area contributed by atoms with Gasteiger partial charge >= 0.3 is 0 Å². The first-order valence-electron chi connectivity index (χ1n) is 5.45. The van der Waals surface area contributed by atoms with E-state index in [4.69, 9.17) is 4.74 Å². The van der Waals surface area contributed by atoms with Gasteiger partial charge in [-0.3, -0.25) is 0 Å². The van der Waals surface area contributed by atoms with Crippen molar-refractivity contribution in [2.75, 3.05) is 5.33 Å². The molecule has 5 nitrogen and oxygen atoms in total. The number of aryl methyl sites for hydroxylation is 1. The fourth-order valence-corrected chi connectivity index (χ4v) is 2.62. The molecule has 0 N–H and O–H groups in total. The first kappa shape index (κ1) is 10.3. The molecule has 3 rings (SSSR count). The summed E-state index contributed by atoms with van der Waals surface area (Å²) < 4.78 is 7.91. The van der Waals surface area contributed by atoms with Crippen LogP contribution in [0.4, 0.5) is 0 Å². The first-order valence-corrected chi connectivity index (χ1v) is 6.57. The topological polar surface area (TPSA) is 52.8 Å². The maximum Gasteiger partial charge on any atom is 0.181 e. The number of alkyl halides is 1. The maximum atomic E-state index is 6.03. The predicted molar refractivity (Wildman–Crippen MR) is 61.9 cm³/mol. The van der Waals surface area contributed by atoms with Gasteiger partial charge in [-0.1, -0.05) is 15.9 Å². The highest BCUT2D eigenvalue weighted by molar-refractivity contribution is 9.09. The quantitative estimate of drug-likeness (QED) is 0.738. The van der Waals surface area contributed by atoms with E-state index in [1.54, 1.807) is 0 Å². The van der Waals surface area contributed by atoms with E-state index in [0.29, 0.717) is 0 Å². The van der Waals surface area contributed by atoms with Crippen molar-refractivity contribution in [3.8, 4) is 0 Å². The number of nitrogens with zero attached hydrogens (tertiary/aromatic N) is 4. The summed E-state index contributed by atoms with van der Waals surface area (Å²) in [5, 5.41) is 12.7. The Morgan fingerprint density at radius 3 is 3.25 bits per heavy atom. The number of halogens is 1. The van der Waals surface area contributed by atoms with Crippen molar-refractivity contribution in [3.63, 3.8) is 0 Å². The van der Waals surface area contributed by atoms with Crippen LogP contribution < -0.4 is 0 Å². The average molecular weight is 285 g/mol. The molecule has 0 aromatic carbocycles. The molecule has 16 heavy (non-hydrogen) atoms. The molecule has 1 aromatic heterocycles. The molecule has 86 valence electrons. The van der Waals surface area contributed by atoms with E-state index in [9.17, 15) is 0 Å². The van der Waals surface area contributed by atoms with Crippen LogP contribution >= 0.6 is 15.9 Å². The molecular formula is C10H13BrN4O. The van der Waals surface area contributed by atoms with E-state index in [1.807, 2.05) is 4.68 Å². The minimum absolute atomic E-state index is 0.140. The normalized spacial score (nSPS) is 28.4. The van der Waals surface area contributed by atoms with Crippen molar-refractivity contribution in [3.05, 3.63) is 11.6 Å². The van der Waals surface area contributed by atoms with Crippen molar-refractivity contribution in [1.82, 2.24) is 20.2 Å². The van der Waals surface area contributed by atoms with Crippen LogP contribution in [0.3, 0.4) is 0 Å². The highest BCUT2D eigenvalue weighted by atomic mass is 79.9. The molecule has 1 atom stereocenters. The lowest BCUT2D eigenvalue weighted by Gasteiger charge is -2.22. The summed E-state index contributed by atoms with van der Waals surface area (Å²) in [7, 11) is 0. The van der Waals surface area contributed by atoms with Gasteiger partial charge in [0.05, 0.1) is 0 Å². The zero-order valence-electron chi connectivity index (χ0n) is 9.11. The number of hydrogen-bond donors (Lipinski definition) is 0. The lowest BCUT2D eigenvalue weighted by molar-refractivity contribution is 0.0614. The van der Waals surface area contributed by atoms with E-state index in [1.165, 1.54) is 5.57 Å². The summed E-state index contributed by atoms with van der Waals surface area (Å²) >= 11 is 3.51. The second kappa shape index (κ2) is 3.55. The zero-order valence-corrected chi connectivity index (χ0v) is 10.7. The van der Waals surface area contributed by atoms with Gasteiger partial charge in [0.25, 0.3) is 0 Å². The van der Waals surface area contributed by atoms with Crippen molar-refractivity contribution in [2.45, 2.75) is 38.3 Å². The molecule has 0 spiro atoms. The third-order valence-electron chi connectivity index (χ3n) is 3.12. The molecule has 0 amide bonds. The third kappa shape index (κ3) is 1.47. The van der Waals surface area contributed by atoms with Crippen LogP contribution in [0.1, 0.15) is 32.0 Å². The van der Waals surface area contributed by atoms with E-state index in [0.717, 1.165) is 42.7 Å². The molecule has 1 unspecified atom stereocenters. The number of hydrogen-bond acceptors (Lipinski definition) is 4. The van der Waals surface area contributed by atoms with Gasteiger partial charge in [0.1, 0.15) is 11.4 Å². The Morgan fingerprint density at radius 1 is 1.56 bits per heavy atom. The summed E-state index contributed by atoms with van der Waals surface area (Å²) in [4.78, 5) is 0. The fraction of sp³-hybridized carbons (Fsp3) is 0.700. The van der Waals surface area contributed by atoms with Gasteiger partial charge < -0.3 is 4.74 Å². The Balaban J connectivity index is 2.02. The molecule has 1 aromatic rings. The summed E-state index contributed by atoms with van der Waals surface area (Å²) in [5.41, 5.74) is 1.04. The lowest BCUT2D eigenvalue weighted by atomic mass is 10.0. The van der Waals surface area contributed by atoms with Crippen LogP contribution in [0.25, 0.3) is 5.57 Å². The summed E-state index contributed by atoms with van der Waals surface area (Å²) in [6.45, 7) is 2.99. The van der Waals surface area contributed by atoms with Gasteiger partial charge in [0, 0.05) is 30.3 Å². The van der Waals surface area contributed by atoms with E-state index < -0.39 is 0 Å². The lowest BCUT2D eigenvalue weighted by Crippen LogP contribution is -2.26. The minimum atomic E-state index is -0.140.